The van der Waals surface area contributed by atoms with Gasteiger partial charge in [-0.05, 0) is 79.4 Å². The Balaban J connectivity index is 1.60. The first kappa shape index (κ1) is 15.8. The lowest BCUT2D eigenvalue weighted by Gasteiger charge is -2.28. The van der Waals surface area contributed by atoms with E-state index in [0.29, 0.717) is 0 Å². The van der Waals surface area contributed by atoms with Crippen LogP contribution in [0.1, 0.15) is 88.7 Å². The Bertz CT molecular complexity index is 485. The van der Waals surface area contributed by atoms with Crippen molar-refractivity contribution in [3.8, 4) is 0 Å². The summed E-state index contributed by atoms with van der Waals surface area (Å²) >= 11 is 0. The molecule has 0 aliphatic heterocycles. The summed E-state index contributed by atoms with van der Waals surface area (Å²) in [6, 6.07) is 9.60. The van der Waals surface area contributed by atoms with Gasteiger partial charge in [0.1, 0.15) is 0 Å². The Kier molecular flexibility index (Phi) is 5.39. The van der Waals surface area contributed by atoms with Crippen molar-refractivity contribution < 1.29 is 0 Å². The largest absolute Gasteiger partial charge is 0.0805 e. The maximum absolute atomic E-state index is 2.47. The average Bonchev–Trinajstić information content (AvgIpc) is 2.57. The second-order valence-electron chi connectivity index (χ2n) is 7.74. The Labute approximate surface area is 137 Å². The molecule has 1 saturated carbocycles. The van der Waals surface area contributed by atoms with E-state index in [1.165, 1.54) is 63.4 Å². The molecule has 0 heterocycles. The van der Waals surface area contributed by atoms with Gasteiger partial charge in [-0.15, -0.1) is 0 Å². The molecular weight excluding hydrogens is 264 g/mol. The Hall–Kier alpha value is -1.04. The first-order chi connectivity index (χ1) is 10.8. The van der Waals surface area contributed by atoms with Gasteiger partial charge >= 0.3 is 0 Å². The average molecular weight is 296 g/mol. The lowest BCUT2D eigenvalue weighted by Crippen LogP contribution is -2.13. The SMILES string of the molecule is CCCC1CCC(c2ccc(C3=CCC(C)CC3)cc2)CC1. The Morgan fingerprint density at radius 1 is 0.955 bits per heavy atom. The summed E-state index contributed by atoms with van der Waals surface area (Å²) in [4.78, 5) is 0. The molecule has 1 atom stereocenters. The van der Waals surface area contributed by atoms with Crippen molar-refractivity contribution in [1.29, 1.82) is 0 Å². The molecule has 0 nitrogen and oxygen atoms in total. The van der Waals surface area contributed by atoms with Gasteiger partial charge in [-0.3, -0.25) is 0 Å². The van der Waals surface area contributed by atoms with E-state index in [9.17, 15) is 0 Å². The summed E-state index contributed by atoms with van der Waals surface area (Å²) in [5.41, 5.74) is 4.63. The fourth-order valence-electron chi connectivity index (χ4n) is 4.39. The van der Waals surface area contributed by atoms with Crippen LogP contribution in [0.4, 0.5) is 0 Å². The highest BCUT2D eigenvalue weighted by atomic mass is 14.3. The number of hydrogen-bond donors (Lipinski definition) is 0. The minimum absolute atomic E-state index is 0.822. The van der Waals surface area contributed by atoms with Gasteiger partial charge in [0.2, 0.25) is 0 Å². The van der Waals surface area contributed by atoms with Crippen LogP contribution in [-0.4, -0.2) is 0 Å². The van der Waals surface area contributed by atoms with Gasteiger partial charge in [-0.25, -0.2) is 0 Å². The van der Waals surface area contributed by atoms with Crippen molar-refractivity contribution in [2.24, 2.45) is 11.8 Å². The van der Waals surface area contributed by atoms with Crippen LogP contribution in [0.5, 0.6) is 0 Å². The number of rotatable bonds is 4. The predicted octanol–water partition coefficient (Wildman–Crippen LogP) is 6.96. The molecule has 120 valence electrons. The van der Waals surface area contributed by atoms with Crippen LogP contribution in [0.2, 0.25) is 0 Å². The summed E-state index contributed by atoms with van der Waals surface area (Å²) in [5.74, 6) is 2.71. The van der Waals surface area contributed by atoms with Crippen LogP contribution in [0, 0.1) is 11.8 Å². The van der Waals surface area contributed by atoms with E-state index in [4.69, 9.17) is 0 Å². The quantitative estimate of drug-likeness (QED) is 0.563. The minimum atomic E-state index is 0.822. The zero-order valence-corrected chi connectivity index (χ0v) is 14.5. The Morgan fingerprint density at radius 2 is 1.68 bits per heavy atom. The summed E-state index contributed by atoms with van der Waals surface area (Å²) in [6.07, 6.45) is 14.9. The van der Waals surface area contributed by atoms with Crippen LogP contribution < -0.4 is 0 Å². The van der Waals surface area contributed by atoms with E-state index in [-0.39, 0.29) is 0 Å². The molecule has 0 saturated heterocycles. The minimum Gasteiger partial charge on any atom is -0.0805 e. The first-order valence-corrected chi connectivity index (χ1v) is 9.55. The molecule has 0 heteroatoms. The predicted molar refractivity (Wildman–Crippen MR) is 97.0 cm³/mol. The normalized spacial score (nSPS) is 29.2. The second kappa shape index (κ2) is 7.49. The van der Waals surface area contributed by atoms with Crippen molar-refractivity contribution in [3.05, 3.63) is 41.5 Å². The zero-order chi connectivity index (χ0) is 15.4. The fourth-order valence-corrected chi connectivity index (χ4v) is 4.39. The molecule has 1 aromatic rings. The van der Waals surface area contributed by atoms with Crippen LogP contribution in [-0.2, 0) is 0 Å². The highest BCUT2D eigenvalue weighted by molar-refractivity contribution is 5.66. The van der Waals surface area contributed by atoms with Crippen molar-refractivity contribution in [2.45, 2.75) is 77.6 Å². The van der Waals surface area contributed by atoms with E-state index in [1.54, 1.807) is 11.1 Å². The molecule has 2 aliphatic rings. The van der Waals surface area contributed by atoms with E-state index in [2.05, 4.69) is 44.2 Å². The molecule has 0 bridgehead atoms. The van der Waals surface area contributed by atoms with Gasteiger partial charge in [0.25, 0.3) is 0 Å². The molecule has 22 heavy (non-hydrogen) atoms. The molecule has 2 aliphatic carbocycles. The summed E-state index contributed by atoms with van der Waals surface area (Å²) in [7, 11) is 0. The van der Waals surface area contributed by atoms with Crippen LogP contribution in [0.25, 0.3) is 5.57 Å². The number of hydrogen-bond acceptors (Lipinski definition) is 0. The molecule has 1 fully saturated rings. The van der Waals surface area contributed by atoms with E-state index >= 15 is 0 Å². The first-order valence-electron chi connectivity index (χ1n) is 9.55. The lowest BCUT2D eigenvalue weighted by molar-refractivity contribution is 0.308. The molecule has 0 aromatic heterocycles. The van der Waals surface area contributed by atoms with Crippen LogP contribution >= 0.6 is 0 Å². The summed E-state index contributed by atoms with van der Waals surface area (Å²) < 4.78 is 0. The van der Waals surface area contributed by atoms with Crippen molar-refractivity contribution in [2.75, 3.05) is 0 Å². The molecule has 0 N–H and O–H groups in total. The van der Waals surface area contributed by atoms with Gasteiger partial charge in [0.05, 0.1) is 0 Å². The van der Waals surface area contributed by atoms with Gasteiger partial charge in [-0.2, -0.15) is 0 Å². The molecular formula is C22H32. The summed E-state index contributed by atoms with van der Waals surface area (Å²) in [5, 5.41) is 0. The molecule has 1 unspecified atom stereocenters. The Morgan fingerprint density at radius 3 is 2.27 bits per heavy atom. The highest BCUT2D eigenvalue weighted by Gasteiger charge is 2.21. The lowest BCUT2D eigenvalue weighted by atomic mass is 9.77. The maximum atomic E-state index is 2.47. The summed E-state index contributed by atoms with van der Waals surface area (Å²) in [6.45, 7) is 4.69. The van der Waals surface area contributed by atoms with Crippen LogP contribution in [0.15, 0.2) is 30.3 Å². The monoisotopic (exact) mass is 296 g/mol. The van der Waals surface area contributed by atoms with Crippen molar-refractivity contribution >= 4 is 5.57 Å². The smallest absolute Gasteiger partial charge is 0.0162 e. The molecule has 0 spiro atoms. The third-order valence-corrected chi connectivity index (χ3v) is 5.97. The number of benzene rings is 1. The number of allylic oxidation sites excluding steroid dienone is 2. The van der Waals surface area contributed by atoms with Gasteiger partial charge in [0, 0.05) is 0 Å². The third-order valence-electron chi connectivity index (χ3n) is 5.97. The highest BCUT2D eigenvalue weighted by Crippen LogP contribution is 2.38. The topological polar surface area (TPSA) is 0 Å². The van der Waals surface area contributed by atoms with Gasteiger partial charge < -0.3 is 0 Å². The van der Waals surface area contributed by atoms with E-state index in [1.807, 2.05) is 0 Å². The third kappa shape index (κ3) is 3.83. The van der Waals surface area contributed by atoms with Crippen molar-refractivity contribution in [1.82, 2.24) is 0 Å². The molecule has 3 rings (SSSR count). The van der Waals surface area contributed by atoms with Crippen molar-refractivity contribution in [3.63, 3.8) is 0 Å². The zero-order valence-electron chi connectivity index (χ0n) is 14.5. The van der Waals surface area contributed by atoms with Gasteiger partial charge in [0.15, 0.2) is 0 Å². The van der Waals surface area contributed by atoms with E-state index < -0.39 is 0 Å². The van der Waals surface area contributed by atoms with Crippen LogP contribution in [0.3, 0.4) is 0 Å². The van der Waals surface area contributed by atoms with Gasteiger partial charge in [-0.1, -0.05) is 57.0 Å². The fraction of sp³-hybridized carbons (Fsp3) is 0.636. The maximum Gasteiger partial charge on any atom is -0.0162 e. The standard InChI is InChI=1S/C22H32/c1-3-4-18-7-11-20(12-8-18)22-15-13-21(14-16-22)19-9-5-17(2)6-10-19/h9,13-18,20H,3-8,10-12H2,1-2H3. The molecule has 0 radical (unpaired) electrons. The molecule has 1 aromatic carbocycles. The molecule has 0 amide bonds. The second-order valence-corrected chi connectivity index (χ2v) is 7.74. The van der Waals surface area contributed by atoms with E-state index in [0.717, 1.165) is 17.8 Å².